The molecule has 10 heavy (non-hydrogen) atoms. The van der Waals surface area contributed by atoms with Crippen LogP contribution in [0.15, 0.2) is 29.4 Å². The van der Waals surface area contributed by atoms with Crippen molar-refractivity contribution in [3.8, 4) is 0 Å². The van der Waals surface area contributed by atoms with Crippen LogP contribution in [0.4, 0.5) is 0 Å². The number of aliphatic imine (C=N–C) groups is 1. The van der Waals surface area contributed by atoms with E-state index in [4.69, 9.17) is 5.73 Å². The molecule has 0 aliphatic heterocycles. The topological polar surface area (TPSA) is 38.4 Å². The summed E-state index contributed by atoms with van der Waals surface area (Å²) in [6.45, 7) is 7.35. The molecule has 1 unspecified atom stereocenters. The molecule has 0 bridgehead atoms. The molecule has 0 aromatic carbocycles. The third kappa shape index (κ3) is 4.04. The lowest BCUT2D eigenvalue weighted by Crippen LogP contribution is -2.15. The van der Waals surface area contributed by atoms with Crippen molar-refractivity contribution in [1.82, 2.24) is 0 Å². The second-order valence-electron chi connectivity index (χ2n) is 2.18. The zero-order valence-electron chi connectivity index (χ0n) is 6.54. The van der Waals surface area contributed by atoms with Crippen molar-refractivity contribution in [1.29, 1.82) is 0 Å². The lowest BCUT2D eigenvalue weighted by Gasteiger charge is -2.01. The zero-order chi connectivity index (χ0) is 7.98. The van der Waals surface area contributed by atoms with Gasteiger partial charge in [0.25, 0.3) is 0 Å². The Hall–Kier alpha value is -0.890. The Morgan fingerprint density at radius 2 is 2.30 bits per heavy atom. The van der Waals surface area contributed by atoms with Crippen molar-refractivity contribution in [2.45, 2.75) is 19.9 Å². The van der Waals surface area contributed by atoms with Crippen LogP contribution in [0.3, 0.4) is 0 Å². The third-order valence-electron chi connectivity index (χ3n) is 1.25. The predicted octanol–water partition coefficient (Wildman–Crippen LogP) is 1.49. The van der Waals surface area contributed by atoms with E-state index in [-0.39, 0.29) is 6.04 Å². The lowest BCUT2D eigenvalue weighted by molar-refractivity contribution is 0.863. The average Bonchev–Trinajstić information content (AvgIpc) is 1.88. The Morgan fingerprint density at radius 1 is 1.70 bits per heavy atom. The molecule has 56 valence electrons. The van der Waals surface area contributed by atoms with Crippen LogP contribution < -0.4 is 5.73 Å². The molecule has 0 fully saturated rings. The van der Waals surface area contributed by atoms with Gasteiger partial charge in [0, 0.05) is 18.5 Å². The van der Waals surface area contributed by atoms with E-state index in [2.05, 4.69) is 11.6 Å². The molecule has 0 heterocycles. The molecule has 2 nitrogen and oxygen atoms in total. The van der Waals surface area contributed by atoms with Crippen LogP contribution in [0.1, 0.15) is 13.8 Å². The number of nitrogens with two attached hydrogens (primary N) is 1. The van der Waals surface area contributed by atoms with Gasteiger partial charge in [-0.1, -0.05) is 12.2 Å². The summed E-state index contributed by atoms with van der Waals surface area (Å²) in [5.74, 6) is 0. The highest BCUT2D eigenvalue weighted by Gasteiger charge is 1.91. The molecule has 0 saturated carbocycles. The summed E-state index contributed by atoms with van der Waals surface area (Å²) >= 11 is 0. The number of allylic oxidation sites excluding steroid dienone is 1. The Morgan fingerprint density at radius 3 is 2.70 bits per heavy atom. The largest absolute Gasteiger partial charge is 0.324 e. The fourth-order valence-electron chi connectivity index (χ4n) is 0.373. The number of hydrogen-bond acceptors (Lipinski definition) is 2. The van der Waals surface area contributed by atoms with Gasteiger partial charge in [0.15, 0.2) is 0 Å². The molecule has 0 radical (unpaired) electrons. The van der Waals surface area contributed by atoms with Crippen molar-refractivity contribution in [2.24, 2.45) is 10.7 Å². The second-order valence-corrected chi connectivity index (χ2v) is 2.18. The molecule has 0 aromatic heterocycles. The Labute approximate surface area is 62.1 Å². The fourth-order valence-corrected chi connectivity index (χ4v) is 0.373. The van der Waals surface area contributed by atoms with Crippen LogP contribution in [0.25, 0.3) is 0 Å². The third-order valence-corrected chi connectivity index (χ3v) is 1.25. The van der Waals surface area contributed by atoms with Crippen LogP contribution >= 0.6 is 0 Å². The van der Waals surface area contributed by atoms with Crippen LogP contribution in [0.2, 0.25) is 0 Å². The van der Waals surface area contributed by atoms with Crippen molar-refractivity contribution in [3.05, 3.63) is 24.4 Å². The highest BCUT2D eigenvalue weighted by molar-refractivity contribution is 5.72. The molecule has 0 aliphatic carbocycles. The molecule has 0 saturated heterocycles. The van der Waals surface area contributed by atoms with Crippen LogP contribution in [-0.2, 0) is 0 Å². The first-order valence-electron chi connectivity index (χ1n) is 3.25. The van der Waals surface area contributed by atoms with E-state index in [1.54, 1.807) is 6.21 Å². The van der Waals surface area contributed by atoms with Crippen molar-refractivity contribution in [3.63, 3.8) is 0 Å². The highest BCUT2D eigenvalue weighted by atomic mass is 14.7. The summed E-state index contributed by atoms with van der Waals surface area (Å²) in [4.78, 5) is 3.80. The van der Waals surface area contributed by atoms with E-state index in [1.165, 1.54) is 6.20 Å². The first-order chi connectivity index (χ1) is 4.68. The standard InChI is InChI=1S/C8H14N2/c1-4-10-6-5-7(2)8(3)9/h4-6,8H,1,9H2,2-3H3/b7-5+,10-6?. The Bertz CT molecular complexity index is 155. The SMILES string of the molecule is C=CN=C/C=C(\C)C(C)N. The zero-order valence-corrected chi connectivity index (χ0v) is 6.54. The van der Waals surface area contributed by atoms with Gasteiger partial charge in [0.05, 0.1) is 0 Å². The second kappa shape index (κ2) is 4.94. The van der Waals surface area contributed by atoms with Gasteiger partial charge in [-0.05, 0) is 19.9 Å². The first-order valence-corrected chi connectivity index (χ1v) is 3.25. The van der Waals surface area contributed by atoms with Gasteiger partial charge in [-0.15, -0.1) is 0 Å². The maximum Gasteiger partial charge on any atom is 0.0267 e. The molecule has 0 rings (SSSR count). The smallest absolute Gasteiger partial charge is 0.0267 e. The Balaban J connectivity index is 3.91. The van der Waals surface area contributed by atoms with Gasteiger partial charge in [0.2, 0.25) is 0 Å². The fraction of sp³-hybridized carbons (Fsp3) is 0.375. The van der Waals surface area contributed by atoms with E-state index < -0.39 is 0 Å². The number of nitrogens with zero attached hydrogens (tertiary/aromatic N) is 1. The summed E-state index contributed by atoms with van der Waals surface area (Å²) in [6.07, 6.45) is 5.06. The van der Waals surface area contributed by atoms with Crippen molar-refractivity contribution in [2.75, 3.05) is 0 Å². The first kappa shape index (κ1) is 9.11. The van der Waals surface area contributed by atoms with Gasteiger partial charge >= 0.3 is 0 Å². The van der Waals surface area contributed by atoms with Crippen LogP contribution in [0, 0.1) is 0 Å². The van der Waals surface area contributed by atoms with Gasteiger partial charge in [-0.3, -0.25) is 4.99 Å². The molecular formula is C8H14N2. The van der Waals surface area contributed by atoms with E-state index in [0.717, 1.165) is 5.57 Å². The maximum absolute atomic E-state index is 5.56. The average molecular weight is 138 g/mol. The van der Waals surface area contributed by atoms with Gasteiger partial charge < -0.3 is 5.73 Å². The molecule has 1 atom stereocenters. The van der Waals surface area contributed by atoms with Crippen LogP contribution in [0.5, 0.6) is 0 Å². The van der Waals surface area contributed by atoms with Gasteiger partial charge in [0.1, 0.15) is 0 Å². The van der Waals surface area contributed by atoms with E-state index in [9.17, 15) is 0 Å². The molecule has 0 aromatic rings. The number of rotatable bonds is 3. The summed E-state index contributed by atoms with van der Waals surface area (Å²) in [5.41, 5.74) is 6.68. The summed E-state index contributed by atoms with van der Waals surface area (Å²) in [6, 6.07) is 0.108. The minimum absolute atomic E-state index is 0.108. The van der Waals surface area contributed by atoms with Crippen LogP contribution in [-0.4, -0.2) is 12.3 Å². The lowest BCUT2D eigenvalue weighted by atomic mass is 10.1. The highest BCUT2D eigenvalue weighted by Crippen LogP contribution is 1.94. The summed E-state index contributed by atoms with van der Waals surface area (Å²) in [5, 5.41) is 0. The molecule has 0 amide bonds. The van der Waals surface area contributed by atoms with Crippen molar-refractivity contribution >= 4 is 6.21 Å². The minimum Gasteiger partial charge on any atom is -0.324 e. The van der Waals surface area contributed by atoms with Gasteiger partial charge in [-0.25, -0.2) is 0 Å². The number of hydrogen-bond donors (Lipinski definition) is 1. The van der Waals surface area contributed by atoms with E-state index >= 15 is 0 Å². The minimum atomic E-state index is 0.108. The molecular weight excluding hydrogens is 124 g/mol. The van der Waals surface area contributed by atoms with E-state index in [1.807, 2.05) is 19.9 Å². The summed E-state index contributed by atoms with van der Waals surface area (Å²) < 4.78 is 0. The van der Waals surface area contributed by atoms with Crippen molar-refractivity contribution < 1.29 is 0 Å². The predicted molar refractivity (Wildman–Crippen MR) is 46.1 cm³/mol. The normalized spacial score (nSPS) is 15.7. The molecule has 2 heteroatoms. The molecule has 2 N–H and O–H groups in total. The maximum atomic E-state index is 5.56. The quantitative estimate of drug-likeness (QED) is 0.589. The monoisotopic (exact) mass is 138 g/mol. The molecule has 0 aliphatic rings. The van der Waals surface area contributed by atoms with E-state index in [0.29, 0.717) is 0 Å². The molecule has 0 spiro atoms. The Kier molecular flexibility index (Phi) is 4.50. The summed E-state index contributed by atoms with van der Waals surface area (Å²) in [7, 11) is 0. The van der Waals surface area contributed by atoms with Gasteiger partial charge in [-0.2, -0.15) is 0 Å².